The van der Waals surface area contributed by atoms with Crippen LogP contribution in [0.1, 0.15) is 37.6 Å². The SMILES string of the molecule is CC(C)(C)CCNc1cc(Cl)c(C(=O)O)cc1S(N)(=O)=O. The maximum absolute atomic E-state index is 11.6. The quantitative estimate of drug-likeness (QED) is 0.766. The van der Waals surface area contributed by atoms with E-state index in [1.165, 1.54) is 6.07 Å². The Hall–Kier alpha value is -1.31. The van der Waals surface area contributed by atoms with Crippen LogP contribution in [0.4, 0.5) is 5.69 Å². The molecule has 0 saturated heterocycles. The number of sulfonamides is 1. The first-order chi connectivity index (χ1) is 9.42. The zero-order valence-corrected chi connectivity index (χ0v) is 13.7. The van der Waals surface area contributed by atoms with Crippen LogP contribution >= 0.6 is 11.6 Å². The third kappa shape index (κ3) is 5.18. The number of primary sulfonamides is 1. The fourth-order valence-corrected chi connectivity index (χ4v) is 2.63. The van der Waals surface area contributed by atoms with Gasteiger partial charge in [-0.1, -0.05) is 32.4 Å². The molecular weight excluding hydrogens is 316 g/mol. The summed E-state index contributed by atoms with van der Waals surface area (Å²) in [6, 6.07) is 2.24. The Morgan fingerprint density at radius 1 is 1.38 bits per heavy atom. The molecule has 21 heavy (non-hydrogen) atoms. The van der Waals surface area contributed by atoms with Crippen molar-refractivity contribution < 1.29 is 18.3 Å². The molecule has 1 rings (SSSR count). The molecular formula is C13H19ClN2O4S. The smallest absolute Gasteiger partial charge is 0.337 e. The molecule has 0 unspecified atom stereocenters. The Morgan fingerprint density at radius 3 is 2.38 bits per heavy atom. The van der Waals surface area contributed by atoms with E-state index in [2.05, 4.69) is 26.1 Å². The highest BCUT2D eigenvalue weighted by Crippen LogP contribution is 2.29. The summed E-state index contributed by atoms with van der Waals surface area (Å²) >= 11 is 5.86. The average molecular weight is 335 g/mol. The van der Waals surface area contributed by atoms with Gasteiger partial charge in [-0.05, 0) is 24.0 Å². The number of nitrogens with two attached hydrogens (primary N) is 1. The van der Waals surface area contributed by atoms with Crippen molar-refractivity contribution in [2.45, 2.75) is 32.1 Å². The minimum absolute atomic E-state index is 0.0480. The lowest BCUT2D eigenvalue weighted by Gasteiger charge is -2.19. The number of rotatable bonds is 5. The molecule has 0 aromatic heterocycles. The van der Waals surface area contributed by atoms with Gasteiger partial charge < -0.3 is 10.4 Å². The second-order valence-electron chi connectivity index (χ2n) is 5.92. The largest absolute Gasteiger partial charge is 0.478 e. The van der Waals surface area contributed by atoms with Crippen LogP contribution in [0.3, 0.4) is 0 Å². The van der Waals surface area contributed by atoms with E-state index in [-0.39, 0.29) is 26.6 Å². The number of carboxylic acid groups (broad SMARTS) is 1. The molecule has 0 aliphatic rings. The Morgan fingerprint density at radius 2 is 1.95 bits per heavy atom. The van der Waals surface area contributed by atoms with E-state index in [1.807, 2.05) is 0 Å². The highest BCUT2D eigenvalue weighted by Gasteiger charge is 2.20. The fourth-order valence-electron chi connectivity index (χ4n) is 1.66. The number of carbonyl (C=O) groups is 1. The molecule has 0 spiro atoms. The highest BCUT2D eigenvalue weighted by molar-refractivity contribution is 7.89. The summed E-state index contributed by atoms with van der Waals surface area (Å²) < 4.78 is 23.2. The van der Waals surface area contributed by atoms with Crippen molar-refractivity contribution in [2.24, 2.45) is 10.6 Å². The minimum Gasteiger partial charge on any atom is -0.478 e. The normalized spacial score (nSPS) is 12.2. The predicted molar refractivity (Wildman–Crippen MR) is 82.3 cm³/mol. The topological polar surface area (TPSA) is 109 Å². The van der Waals surface area contributed by atoms with E-state index in [0.717, 1.165) is 12.5 Å². The molecule has 6 nitrogen and oxygen atoms in total. The minimum atomic E-state index is -4.06. The molecule has 0 radical (unpaired) electrons. The summed E-state index contributed by atoms with van der Waals surface area (Å²) in [4.78, 5) is 10.7. The number of aromatic carboxylic acids is 1. The third-order valence-corrected chi connectivity index (χ3v) is 4.06. The molecule has 8 heteroatoms. The van der Waals surface area contributed by atoms with Gasteiger partial charge in [0.2, 0.25) is 10.0 Å². The Bertz CT molecular complexity index is 651. The first-order valence-corrected chi connectivity index (χ1v) is 8.18. The molecule has 0 aliphatic heterocycles. The molecule has 0 fully saturated rings. The van der Waals surface area contributed by atoms with Crippen LogP contribution in [0, 0.1) is 5.41 Å². The molecule has 4 N–H and O–H groups in total. The lowest BCUT2D eigenvalue weighted by atomic mass is 9.92. The first kappa shape index (κ1) is 17.7. The van der Waals surface area contributed by atoms with Gasteiger partial charge in [0.1, 0.15) is 4.90 Å². The lowest BCUT2D eigenvalue weighted by Crippen LogP contribution is -2.18. The molecule has 0 aliphatic carbocycles. The number of hydrogen-bond acceptors (Lipinski definition) is 4. The molecule has 0 bridgehead atoms. The van der Waals surface area contributed by atoms with Gasteiger partial charge in [-0.15, -0.1) is 0 Å². The van der Waals surface area contributed by atoms with Crippen molar-refractivity contribution in [2.75, 3.05) is 11.9 Å². The highest BCUT2D eigenvalue weighted by atomic mass is 35.5. The van der Waals surface area contributed by atoms with Crippen molar-refractivity contribution in [3.8, 4) is 0 Å². The molecule has 118 valence electrons. The summed E-state index contributed by atoms with van der Waals surface area (Å²) in [7, 11) is -4.06. The summed E-state index contributed by atoms with van der Waals surface area (Å²) in [6.07, 6.45) is 0.787. The van der Waals surface area contributed by atoms with E-state index in [0.29, 0.717) is 6.54 Å². The maximum Gasteiger partial charge on any atom is 0.337 e. The number of anilines is 1. The second-order valence-corrected chi connectivity index (χ2v) is 7.85. The van der Waals surface area contributed by atoms with Crippen LogP contribution in [0.25, 0.3) is 0 Å². The molecule has 0 heterocycles. The number of benzene rings is 1. The van der Waals surface area contributed by atoms with E-state index in [1.54, 1.807) is 0 Å². The molecule has 0 saturated carbocycles. The molecule has 0 atom stereocenters. The van der Waals surface area contributed by atoms with E-state index in [4.69, 9.17) is 21.8 Å². The Balaban J connectivity index is 3.19. The van der Waals surface area contributed by atoms with Gasteiger partial charge in [0.05, 0.1) is 16.3 Å². The number of carboxylic acids is 1. The van der Waals surface area contributed by atoms with Gasteiger partial charge in [-0.25, -0.2) is 18.4 Å². The van der Waals surface area contributed by atoms with Crippen molar-refractivity contribution in [1.82, 2.24) is 0 Å². The van der Waals surface area contributed by atoms with Crippen LogP contribution in [0.5, 0.6) is 0 Å². The van der Waals surface area contributed by atoms with Gasteiger partial charge in [-0.3, -0.25) is 0 Å². The maximum atomic E-state index is 11.6. The summed E-state index contributed by atoms with van der Waals surface area (Å²) in [5.74, 6) is -1.31. The van der Waals surface area contributed by atoms with Crippen molar-refractivity contribution in [1.29, 1.82) is 0 Å². The summed E-state index contributed by atoms with van der Waals surface area (Å²) in [5, 5.41) is 17.0. The summed E-state index contributed by atoms with van der Waals surface area (Å²) in [5.41, 5.74) is -0.0293. The standard InChI is InChI=1S/C13H19ClN2O4S/c1-13(2,3)4-5-16-10-7-9(14)8(12(17)18)6-11(10)21(15,19)20/h6-7,16H,4-5H2,1-3H3,(H,17,18)(H2,15,19,20). The van der Waals surface area contributed by atoms with Gasteiger partial charge in [0, 0.05) is 6.54 Å². The van der Waals surface area contributed by atoms with Gasteiger partial charge in [0.15, 0.2) is 0 Å². The van der Waals surface area contributed by atoms with E-state index < -0.39 is 16.0 Å². The Labute approximate surface area is 129 Å². The monoisotopic (exact) mass is 334 g/mol. The van der Waals surface area contributed by atoms with Crippen molar-refractivity contribution in [3.05, 3.63) is 22.7 Å². The van der Waals surface area contributed by atoms with Crippen molar-refractivity contribution in [3.63, 3.8) is 0 Å². The number of halogens is 1. The number of hydrogen-bond donors (Lipinski definition) is 3. The molecule has 0 amide bonds. The second kappa shape index (κ2) is 6.21. The molecule has 1 aromatic rings. The van der Waals surface area contributed by atoms with Crippen LogP contribution in [0.15, 0.2) is 17.0 Å². The molecule has 1 aromatic carbocycles. The summed E-state index contributed by atoms with van der Waals surface area (Å²) in [6.45, 7) is 6.66. The third-order valence-electron chi connectivity index (χ3n) is 2.80. The van der Waals surface area contributed by atoms with Crippen LogP contribution in [-0.4, -0.2) is 26.0 Å². The average Bonchev–Trinajstić information content (AvgIpc) is 2.24. The van der Waals surface area contributed by atoms with Crippen LogP contribution < -0.4 is 10.5 Å². The van der Waals surface area contributed by atoms with Gasteiger partial charge in [-0.2, -0.15) is 0 Å². The fraction of sp³-hybridized carbons (Fsp3) is 0.462. The van der Waals surface area contributed by atoms with Gasteiger partial charge in [0.25, 0.3) is 0 Å². The Kier molecular flexibility index (Phi) is 5.25. The first-order valence-electron chi connectivity index (χ1n) is 6.25. The zero-order chi connectivity index (χ0) is 16.4. The lowest BCUT2D eigenvalue weighted by molar-refractivity contribution is 0.0697. The number of nitrogens with one attached hydrogen (secondary N) is 1. The van der Waals surface area contributed by atoms with Crippen LogP contribution in [-0.2, 0) is 10.0 Å². The van der Waals surface area contributed by atoms with Gasteiger partial charge >= 0.3 is 5.97 Å². The van der Waals surface area contributed by atoms with E-state index in [9.17, 15) is 13.2 Å². The zero-order valence-electron chi connectivity index (χ0n) is 12.1. The van der Waals surface area contributed by atoms with Crippen LogP contribution in [0.2, 0.25) is 5.02 Å². The predicted octanol–water partition coefficient (Wildman–Crippen LogP) is 2.53. The van der Waals surface area contributed by atoms with Crippen molar-refractivity contribution >= 4 is 33.3 Å². The van der Waals surface area contributed by atoms with E-state index >= 15 is 0 Å².